The quantitative estimate of drug-likeness (QED) is 0.886. The molecule has 0 aliphatic carbocycles. The summed E-state index contributed by atoms with van der Waals surface area (Å²) in [5, 5.41) is 0.907. The zero-order chi connectivity index (χ0) is 16.3. The van der Waals surface area contributed by atoms with Crippen molar-refractivity contribution in [1.29, 1.82) is 0 Å². The molecule has 5 nitrogen and oxygen atoms in total. The first-order valence-electron chi connectivity index (χ1n) is 6.69. The summed E-state index contributed by atoms with van der Waals surface area (Å²) in [4.78, 5) is 13.8. The molecular weight excluding hydrogens is 331 g/mol. The predicted octanol–water partition coefficient (Wildman–Crippen LogP) is 2.00. The molecule has 1 aliphatic rings. The fourth-order valence-corrected chi connectivity index (χ4v) is 3.17. The minimum absolute atomic E-state index is 0.0239. The van der Waals surface area contributed by atoms with Crippen molar-refractivity contribution >= 4 is 27.5 Å². The molecule has 1 fully saturated rings. The monoisotopic (exact) mass is 346 g/mol. The molecule has 0 radical (unpaired) electrons. The Labute approximate surface area is 133 Å². The Balaban J connectivity index is 2.01. The van der Waals surface area contributed by atoms with Crippen molar-refractivity contribution in [1.82, 2.24) is 9.62 Å². The molecule has 0 aromatic heterocycles. The second-order valence-electron chi connectivity index (χ2n) is 5.06. The molecule has 0 saturated carbocycles. The van der Waals surface area contributed by atoms with E-state index in [2.05, 4.69) is 11.3 Å². The van der Waals surface area contributed by atoms with Gasteiger partial charge in [0.15, 0.2) is 0 Å². The van der Waals surface area contributed by atoms with Crippen LogP contribution >= 0.6 is 11.6 Å². The van der Waals surface area contributed by atoms with Crippen LogP contribution in [0.4, 0.5) is 4.39 Å². The molecule has 2 rings (SSSR count). The van der Waals surface area contributed by atoms with E-state index < -0.39 is 21.7 Å². The number of benzene rings is 1. The number of nitrogens with one attached hydrogen (secondary N) is 1. The first-order valence-corrected chi connectivity index (χ1v) is 8.62. The molecule has 1 amide bonds. The van der Waals surface area contributed by atoms with E-state index >= 15 is 0 Å². The molecule has 1 heterocycles. The molecule has 0 bridgehead atoms. The van der Waals surface area contributed by atoms with E-state index in [1.807, 2.05) is 0 Å². The molecule has 22 heavy (non-hydrogen) atoms. The highest BCUT2D eigenvalue weighted by Crippen LogP contribution is 2.24. The molecule has 0 spiro atoms. The van der Waals surface area contributed by atoms with Crippen LogP contribution in [0.15, 0.2) is 30.2 Å². The lowest BCUT2D eigenvalue weighted by Crippen LogP contribution is -2.32. The third-order valence-electron chi connectivity index (χ3n) is 3.54. The summed E-state index contributed by atoms with van der Waals surface area (Å²) in [7, 11) is -3.48. The van der Waals surface area contributed by atoms with Gasteiger partial charge < -0.3 is 4.90 Å². The Morgan fingerprint density at radius 2 is 2.27 bits per heavy atom. The topological polar surface area (TPSA) is 66.5 Å². The first-order chi connectivity index (χ1) is 10.3. The molecule has 1 atom stereocenters. The van der Waals surface area contributed by atoms with Crippen LogP contribution in [0.1, 0.15) is 16.8 Å². The van der Waals surface area contributed by atoms with Gasteiger partial charge in [-0.25, -0.2) is 17.5 Å². The number of likely N-dealkylation sites (tertiary alicyclic amines) is 1. The first kappa shape index (κ1) is 16.9. The lowest BCUT2D eigenvalue weighted by atomic mass is 10.1. The summed E-state index contributed by atoms with van der Waals surface area (Å²) >= 11 is 5.89. The summed E-state index contributed by atoms with van der Waals surface area (Å²) < 4.78 is 38.8. The number of halogens is 2. The molecular formula is C14H16ClFN2O3S. The number of nitrogens with zero attached hydrogens (tertiary/aromatic N) is 1. The Hall–Kier alpha value is -1.44. The van der Waals surface area contributed by atoms with Gasteiger partial charge in [-0.05, 0) is 24.5 Å². The number of hydrogen-bond acceptors (Lipinski definition) is 3. The largest absolute Gasteiger partial charge is 0.338 e. The molecule has 0 unspecified atom stereocenters. The van der Waals surface area contributed by atoms with Gasteiger partial charge in [0.1, 0.15) is 5.82 Å². The van der Waals surface area contributed by atoms with E-state index in [0.717, 1.165) is 5.41 Å². The zero-order valence-corrected chi connectivity index (χ0v) is 13.3. The van der Waals surface area contributed by atoms with E-state index in [1.54, 1.807) is 0 Å². The van der Waals surface area contributed by atoms with Crippen molar-refractivity contribution < 1.29 is 17.6 Å². The number of rotatable bonds is 5. The van der Waals surface area contributed by atoms with Gasteiger partial charge in [0.05, 0.1) is 10.6 Å². The Morgan fingerprint density at radius 3 is 2.91 bits per heavy atom. The van der Waals surface area contributed by atoms with E-state index in [0.29, 0.717) is 19.5 Å². The van der Waals surface area contributed by atoms with Crippen LogP contribution < -0.4 is 4.72 Å². The van der Waals surface area contributed by atoms with Crippen molar-refractivity contribution in [3.63, 3.8) is 0 Å². The zero-order valence-electron chi connectivity index (χ0n) is 11.8. The number of carbonyl (C=O) groups excluding carboxylic acids is 1. The second kappa shape index (κ2) is 6.76. The van der Waals surface area contributed by atoms with Crippen LogP contribution in [-0.2, 0) is 10.0 Å². The van der Waals surface area contributed by atoms with Crippen LogP contribution in [0.3, 0.4) is 0 Å². The predicted molar refractivity (Wildman–Crippen MR) is 82.5 cm³/mol. The highest BCUT2D eigenvalue weighted by molar-refractivity contribution is 7.92. The highest BCUT2D eigenvalue weighted by atomic mass is 35.5. The Bertz CT molecular complexity index is 673. The van der Waals surface area contributed by atoms with Gasteiger partial charge in [0.25, 0.3) is 5.91 Å². The molecule has 1 saturated heterocycles. The third-order valence-corrected chi connectivity index (χ3v) is 4.87. The van der Waals surface area contributed by atoms with Crippen molar-refractivity contribution in [3.8, 4) is 0 Å². The maximum Gasteiger partial charge on any atom is 0.258 e. The molecule has 1 aromatic rings. The van der Waals surface area contributed by atoms with Crippen LogP contribution in [0, 0.1) is 11.7 Å². The SMILES string of the molecule is C=CS(=O)(=O)NC[C@H]1CCN(C(=O)c2c(F)cccc2Cl)C1. The van der Waals surface area contributed by atoms with Gasteiger partial charge in [-0.2, -0.15) is 0 Å². The minimum Gasteiger partial charge on any atom is -0.338 e. The van der Waals surface area contributed by atoms with E-state index in [4.69, 9.17) is 11.6 Å². The average molecular weight is 347 g/mol. The number of hydrogen-bond donors (Lipinski definition) is 1. The molecule has 1 aliphatic heterocycles. The van der Waals surface area contributed by atoms with Crippen LogP contribution in [0.5, 0.6) is 0 Å². The standard InChI is InChI=1S/C14H16ClFN2O3S/c1-2-22(20,21)17-8-10-6-7-18(9-10)14(19)13-11(15)4-3-5-12(13)16/h2-5,10,17H,1,6-9H2/t10-/m1/s1. The van der Waals surface area contributed by atoms with Crippen molar-refractivity contribution in [2.45, 2.75) is 6.42 Å². The summed E-state index contributed by atoms with van der Waals surface area (Å²) in [5.74, 6) is -1.16. The molecule has 1 N–H and O–H groups in total. The van der Waals surface area contributed by atoms with Crippen molar-refractivity contribution in [2.24, 2.45) is 5.92 Å². The minimum atomic E-state index is -3.48. The average Bonchev–Trinajstić information content (AvgIpc) is 2.94. The summed E-state index contributed by atoms with van der Waals surface area (Å²) in [6, 6.07) is 4.08. The van der Waals surface area contributed by atoms with Crippen LogP contribution in [0.25, 0.3) is 0 Å². The van der Waals surface area contributed by atoms with E-state index in [-0.39, 0.29) is 23.0 Å². The lowest BCUT2D eigenvalue weighted by molar-refractivity contribution is 0.0783. The van der Waals surface area contributed by atoms with Gasteiger partial charge >= 0.3 is 0 Å². The fourth-order valence-electron chi connectivity index (χ4n) is 2.34. The third kappa shape index (κ3) is 3.85. The summed E-state index contributed by atoms with van der Waals surface area (Å²) in [5.41, 5.74) is -0.142. The molecule has 1 aromatic carbocycles. The Kier molecular flexibility index (Phi) is 5.20. The maximum atomic E-state index is 13.8. The van der Waals surface area contributed by atoms with E-state index in [1.165, 1.54) is 23.1 Å². The normalized spacial score (nSPS) is 18.5. The van der Waals surface area contributed by atoms with Crippen LogP contribution in [-0.4, -0.2) is 38.9 Å². The number of amides is 1. The van der Waals surface area contributed by atoms with Gasteiger partial charge in [-0.15, -0.1) is 0 Å². The molecule has 8 heteroatoms. The fraction of sp³-hybridized carbons (Fsp3) is 0.357. The number of sulfonamides is 1. The van der Waals surface area contributed by atoms with E-state index in [9.17, 15) is 17.6 Å². The maximum absolute atomic E-state index is 13.8. The second-order valence-corrected chi connectivity index (χ2v) is 7.18. The van der Waals surface area contributed by atoms with Gasteiger partial charge in [0, 0.05) is 25.0 Å². The summed E-state index contributed by atoms with van der Waals surface area (Å²) in [6.45, 7) is 4.20. The smallest absolute Gasteiger partial charge is 0.258 e. The van der Waals surface area contributed by atoms with Crippen molar-refractivity contribution in [3.05, 3.63) is 46.6 Å². The van der Waals surface area contributed by atoms with Crippen molar-refractivity contribution in [2.75, 3.05) is 19.6 Å². The number of carbonyl (C=O) groups is 1. The van der Waals surface area contributed by atoms with Gasteiger partial charge in [-0.3, -0.25) is 4.79 Å². The Morgan fingerprint density at radius 1 is 1.55 bits per heavy atom. The van der Waals surface area contributed by atoms with Gasteiger partial charge in [-0.1, -0.05) is 24.2 Å². The van der Waals surface area contributed by atoms with Crippen LogP contribution in [0.2, 0.25) is 5.02 Å². The molecule has 120 valence electrons. The summed E-state index contributed by atoms with van der Waals surface area (Å²) in [6.07, 6.45) is 0.636. The van der Waals surface area contributed by atoms with Gasteiger partial charge in [0.2, 0.25) is 10.0 Å². The highest BCUT2D eigenvalue weighted by Gasteiger charge is 2.29. The lowest BCUT2D eigenvalue weighted by Gasteiger charge is -2.17.